The van der Waals surface area contributed by atoms with Gasteiger partial charge in [0.1, 0.15) is 10.9 Å². The fourth-order valence-corrected chi connectivity index (χ4v) is 2.39. The summed E-state index contributed by atoms with van der Waals surface area (Å²) in [6, 6.07) is 0.777. The van der Waals surface area contributed by atoms with Crippen LogP contribution in [0.1, 0.15) is 21.3 Å². The molecular weight excluding hydrogens is 280 g/mol. The molecule has 1 amide bonds. The number of rotatable bonds is 4. The van der Waals surface area contributed by atoms with Crippen molar-refractivity contribution in [2.75, 3.05) is 12.4 Å². The topological polar surface area (TPSA) is 99.2 Å². The molecule has 2 aromatic rings. The SMILES string of the molecule is COC(=O)c1sccc1NC(=O)C(N)c1cnn(C)c1. The second-order valence-corrected chi connectivity index (χ2v) is 4.99. The minimum atomic E-state index is -0.853. The maximum Gasteiger partial charge on any atom is 0.350 e. The molecule has 7 nitrogen and oxygen atoms in total. The van der Waals surface area contributed by atoms with Gasteiger partial charge >= 0.3 is 5.97 Å². The number of esters is 1. The van der Waals surface area contributed by atoms with Crippen LogP contribution in [0.15, 0.2) is 23.8 Å². The van der Waals surface area contributed by atoms with Crippen molar-refractivity contribution in [2.24, 2.45) is 12.8 Å². The number of carbonyl (C=O) groups excluding carboxylic acids is 2. The Hall–Kier alpha value is -2.19. The van der Waals surface area contributed by atoms with Gasteiger partial charge in [0.15, 0.2) is 0 Å². The first-order chi connectivity index (χ1) is 9.52. The van der Waals surface area contributed by atoms with Crippen LogP contribution < -0.4 is 11.1 Å². The summed E-state index contributed by atoms with van der Waals surface area (Å²) < 4.78 is 6.20. The minimum absolute atomic E-state index is 0.333. The molecule has 1 atom stereocenters. The second kappa shape index (κ2) is 5.85. The lowest BCUT2D eigenvalue weighted by Gasteiger charge is -2.10. The number of anilines is 1. The number of nitrogens with zero attached hydrogens (tertiary/aromatic N) is 2. The van der Waals surface area contributed by atoms with E-state index in [0.717, 1.165) is 0 Å². The molecule has 8 heteroatoms. The Morgan fingerprint density at radius 3 is 2.90 bits per heavy atom. The predicted octanol–water partition coefficient (Wildman–Crippen LogP) is 0.907. The van der Waals surface area contributed by atoms with E-state index in [9.17, 15) is 9.59 Å². The van der Waals surface area contributed by atoms with E-state index in [1.54, 1.807) is 29.4 Å². The average molecular weight is 294 g/mol. The molecule has 20 heavy (non-hydrogen) atoms. The van der Waals surface area contributed by atoms with Gasteiger partial charge in [0, 0.05) is 18.8 Å². The maximum atomic E-state index is 12.1. The van der Waals surface area contributed by atoms with E-state index in [0.29, 0.717) is 16.1 Å². The zero-order chi connectivity index (χ0) is 14.7. The van der Waals surface area contributed by atoms with Crippen LogP contribution in [0.4, 0.5) is 5.69 Å². The molecule has 0 aliphatic heterocycles. The summed E-state index contributed by atoms with van der Waals surface area (Å²) in [5.41, 5.74) is 6.84. The number of nitrogens with one attached hydrogen (secondary N) is 1. The molecule has 0 fully saturated rings. The first-order valence-electron chi connectivity index (χ1n) is 5.73. The predicted molar refractivity (Wildman–Crippen MR) is 74.4 cm³/mol. The lowest BCUT2D eigenvalue weighted by molar-refractivity contribution is -0.117. The molecule has 0 bridgehead atoms. The molecule has 0 aliphatic rings. The number of carbonyl (C=O) groups is 2. The van der Waals surface area contributed by atoms with E-state index < -0.39 is 17.9 Å². The number of aromatic nitrogens is 2. The van der Waals surface area contributed by atoms with Crippen LogP contribution in [0.3, 0.4) is 0 Å². The number of thiophene rings is 1. The van der Waals surface area contributed by atoms with Crippen molar-refractivity contribution >= 4 is 28.9 Å². The van der Waals surface area contributed by atoms with Crippen molar-refractivity contribution < 1.29 is 14.3 Å². The Balaban J connectivity index is 2.12. The third-order valence-corrected chi connectivity index (χ3v) is 3.55. The third kappa shape index (κ3) is 2.86. The fourth-order valence-electron chi connectivity index (χ4n) is 1.62. The van der Waals surface area contributed by atoms with Crippen LogP contribution in [0.5, 0.6) is 0 Å². The highest BCUT2D eigenvalue weighted by Gasteiger charge is 2.21. The summed E-state index contributed by atoms with van der Waals surface area (Å²) in [7, 11) is 3.03. The quantitative estimate of drug-likeness (QED) is 0.816. The highest BCUT2D eigenvalue weighted by molar-refractivity contribution is 7.12. The number of hydrogen-bond donors (Lipinski definition) is 2. The van der Waals surface area contributed by atoms with Gasteiger partial charge < -0.3 is 15.8 Å². The Morgan fingerprint density at radius 1 is 1.55 bits per heavy atom. The lowest BCUT2D eigenvalue weighted by atomic mass is 10.1. The molecule has 0 spiro atoms. The van der Waals surface area contributed by atoms with Crippen molar-refractivity contribution in [1.82, 2.24) is 9.78 Å². The summed E-state index contributed by atoms with van der Waals surface area (Å²) in [6.45, 7) is 0. The van der Waals surface area contributed by atoms with Crippen molar-refractivity contribution in [2.45, 2.75) is 6.04 Å². The number of amides is 1. The Morgan fingerprint density at radius 2 is 2.30 bits per heavy atom. The summed E-state index contributed by atoms with van der Waals surface area (Å²) in [6.07, 6.45) is 3.19. The van der Waals surface area contributed by atoms with Crippen LogP contribution in [0, 0.1) is 0 Å². The van der Waals surface area contributed by atoms with Gasteiger partial charge in [-0.1, -0.05) is 0 Å². The molecule has 2 heterocycles. The Bertz CT molecular complexity index is 634. The zero-order valence-corrected chi connectivity index (χ0v) is 11.8. The van der Waals surface area contributed by atoms with Gasteiger partial charge in [0.2, 0.25) is 5.91 Å². The second-order valence-electron chi connectivity index (χ2n) is 4.07. The largest absolute Gasteiger partial charge is 0.465 e. The van der Waals surface area contributed by atoms with Crippen molar-refractivity contribution in [1.29, 1.82) is 0 Å². The van der Waals surface area contributed by atoms with E-state index in [-0.39, 0.29) is 0 Å². The van der Waals surface area contributed by atoms with Crippen molar-refractivity contribution in [3.8, 4) is 0 Å². The Labute approximate surface area is 119 Å². The van der Waals surface area contributed by atoms with E-state index >= 15 is 0 Å². The van der Waals surface area contributed by atoms with Crippen LogP contribution in [0.25, 0.3) is 0 Å². The monoisotopic (exact) mass is 294 g/mol. The molecule has 2 rings (SSSR count). The van der Waals surface area contributed by atoms with Gasteiger partial charge in [0.05, 0.1) is 19.0 Å². The lowest BCUT2D eigenvalue weighted by Crippen LogP contribution is -2.27. The van der Waals surface area contributed by atoms with Crippen LogP contribution >= 0.6 is 11.3 Å². The van der Waals surface area contributed by atoms with E-state index in [2.05, 4.69) is 15.2 Å². The minimum Gasteiger partial charge on any atom is -0.465 e. The summed E-state index contributed by atoms with van der Waals surface area (Å²) in [5.74, 6) is -0.910. The standard InChI is InChI=1S/C12H14N4O3S/c1-16-6-7(5-14-16)9(13)11(17)15-8-3-4-20-10(8)12(18)19-2/h3-6,9H,13H2,1-2H3,(H,15,17). The van der Waals surface area contributed by atoms with E-state index in [1.165, 1.54) is 24.6 Å². The molecule has 106 valence electrons. The van der Waals surface area contributed by atoms with Gasteiger partial charge in [-0.25, -0.2) is 4.79 Å². The number of methoxy groups -OCH3 is 1. The number of hydrogen-bond acceptors (Lipinski definition) is 6. The maximum absolute atomic E-state index is 12.1. The number of aryl methyl sites for hydroxylation is 1. The molecule has 0 aromatic carbocycles. The van der Waals surface area contributed by atoms with Crippen LogP contribution in [0.2, 0.25) is 0 Å². The number of ether oxygens (including phenoxy) is 1. The zero-order valence-electron chi connectivity index (χ0n) is 11.0. The molecule has 2 aromatic heterocycles. The van der Waals surface area contributed by atoms with Gasteiger partial charge in [-0.05, 0) is 11.4 Å². The fraction of sp³-hybridized carbons (Fsp3) is 0.250. The summed E-state index contributed by atoms with van der Waals surface area (Å²) >= 11 is 1.19. The van der Waals surface area contributed by atoms with Crippen LogP contribution in [-0.4, -0.2) is 28.8 Å². The molecule has 0 saturated carbocycles. The summed E-state index contributed by atoms with van der Waals surface area (Å²) in [4.78, 5) is 23.9. The van der Waals surface area contributed by atoms with Crippen molar-refractivity contribution in [3.05, 3.63) is 34.3 Å². The van der Waals surface area contributed by atoms with Crippen LogP contribution in [-0.2, 0) is 16.6 Å². The van der Waals surface area contributed by atoms with E-state index in [4.69, 9.17) is 5.73 Å². The van der Waals surface area contributed by atoms with E-state index in [1.807, 2.05) is 0 Å². The number of nitrogens with two attached hydrogens (primary N) is 1. The normalized spacial score (nSPS) is 11.9. The summed E-state index contributed by atoms with van der Waals surface area (Å²) in [5, 5.41) is 8.27. The first-order valence-corrected chi connectivity index (χ1v) is 6.61. The molecule has 0 aliphatic carbocycles. The van der Waals surface area contributed by atoms with Gasteiger partial charge in [-0.3, -0.25) is 9.48 Å². The van der Waals surface area contributed by atoms with Gasteiger partial charge in [0.25, 0.3) is 0 Å². The van der Waals surface area contributed by atoms with Crippen molar-refractivity contribution in [3.63, 3.8) is 0 Å². The van der Waals surface area contributed by atoms with Gasteiger partial charge in [-0.2, -0.15) is 5.10 Å². The molecule has 0 saturated heterocycles. The average Bonchev–Trinajstić information content (AvgIpc) is 3.06. The molecular formula is C12H14N4O3S. The smallest absolute Gasteiger partial charge is 0.350 e. The molecule has 3 N–H and O–H groups in total. The first kappa shape index (κ1) is 14.2. The highest BCUT2D eigenvalue weighted by Crippen LogP contribution is 2.24. The van der Waals surface area contributed by atoms with Gasteiger partial charge in [-0.15, -0.1) is 11.3 Å². The highest BCUT2D eigenvalue weighted by atomic mass is 32.1. The Kier molecular flexibility index (Phi) is 4.16. The third-order valence-electron chi connectivity index (χ3n) is 2.66. The molecule has 1 unspecified atom stereocenters. The molecule has 0 radical (unpaired) electrons.